The van der Waals surface area contributed by atoms with Crippen LogP contribution in [0.25, 0.3) is 0 Å². The van der Waals surface area contributed by atoms with E-state index < -0.39 is 12.0 Å². The molecule has 5 heteroatoms. The Kier molecular flexibility index (Phi) is 7.48. The summed E-state index contributed by atoms with van der Waals surface area (Å²) in [4.78, 5) is 15.9. The van der Waals surface area contributed by atoms with Crippen molar-refractivity contribution in [1.29, 1.82) is 0 Å². The molecular formula is C15H31N3O2. The molecule has 0 bridgehead atoms. The second-order valence-electron chi connectivity index (χ2n) is 6.55. The van der Waals surface area contributed by atoms with Crippen LogP contribution in [0, 0.1) is 5.92 Å². The zero-order chi connectivity index (χ0) is 15.1. The van der Waals surface area contributed by atoms with Crippen LogP contribution in [0.1, 0.15) is 33.1 Å². The van der Waals surface area contributed by atoms with Gasteiger partial charge in [-0.2, -0.15) is 0 Å². The van der Waals surface area contributed by atoms with Crippen molar-refractivity contribution in [3.8, 4) is 0 Å². The van der Waals surface area contributed by atoms with E-state index in [1.165, 1.54) is 19.4 Å². The fourth-order valence-electron chi connectivity index (χ4n) is 2.90. The molecule has 0 aromatic rings. The van der Waals surface area contributed by atoms with Crippen molar-refractivity contribution >= 4 is 5.97 Å². The number of hydrogen-bond donors (Lipinski definition) is 2. The number of carboxylic acids is 1. The number of rotatable bonds is 8. The molecule has 1 heterocycles. The highest BCUT2D eigenvalue weighted by atomic mass is 16.4. The Bertz CT molecular complexity index is 287. The van der Waals surface area contributed by atoms with Crippen LogP contribution < -0.4 is 5.32 Å². The molecule has 5 nitrogen and oxygen atoms in total. The predicted octanol–water partition coefficient (Wildman–Crippen LogP) is 1.10. The quantitative estimate of drug-likeness (QED) is 0.699. The minimum atomic E-state index is -0.735. The van der Waals surface area contributed by atoms with Crippen molar-refractivity contribution in [2.75, 3.05) is 40.3 Å². The molecule has 1 rings (SSSR count). The van der Waals surface area contributed by atoms with Gasteiger partial charge in [0.2, 0.25) is 0 Å². The van der Waals surface area contributed by atoms with Gasteiger partial charge in [0.05, 0.1) is 0 Å². The Morgan fingerprint density at radius 2 is 1.95 bits per heavy atom. The number of likely N-dealkylation sites (tertiary alicyclic amines) is 1. The second-order valence-corrected chi connectivity index (χ2v) is 6.55. The standard InChI is InChI=1S/C15H31N3O2/c1-12(2)16-14(15(19)20)7-10-18-8-5-13(6-9-18)11-17(3)4/h12-14,16H,5-11H2,1-4H3,(H,19,20). The van der Waals surface area contributed by atoms with E-state index in [1.54, 1.807) is 0 Å². The summed E-state index contributed by atoms with van der Waals surface area (Å²) in [7, 11) is 4.25. The summed E-state index contributed by atoms with van der Waals surface area (Å²) in [6.07, 6.45) is 3.15. The molecule has 1 aliphatic heterocycles. The molecule has 1 aliphatic rings. The fourth-order valence-corrected chi connectivity index (χ4v) is 2.90. The lowest BCUT2D eigenvalue weighted by atomic mass is 9.96. The Labute approximate surface area is 123 Å². The SMILES string of the molecule is CC(C)NC(CCN1CCC(CN(C)C)CC1)C(=O)O. The van der Waals surface area contributed by atoms with E-state index in [1.807, 2.05) is 13.8 Å². The smallest absolute Gasteiger partial charge is 0.320 e. The normalized spacial score (nSPS) is 19.7. The molecule has 0 saturated carbocycles. The molecule has 1 unspecified atom stereocenters. The molecule has 0 aliphatic carbocycles. The largest absolute Gasteiger partial charge is 0.480 e. The number of nitrogens with one attached hydrogen (secondary N) is 1. The van der Waals surface area contributed by atoms with Crippen molar-refractivity contribution in [1.82, 2.24) is 15.1 Å². The van der Waals surface area contributed by atoms with Crippen molar-refractivity contribution in [3.05, 3.63) is 0 Å². The maximum absolute atomic E-state index is 11.2. The summed E-state index contributed by atoms with van der Waals surface area (Å²) in [5.74, 6) is 0.0616. The Hall–Kier alpha value is -0.650. The fraction of sp³-hybridized carbons (Fsp3) is 0.933. The van der Waals surface area contributed by atoms with Crippen LogP contribution in [-0.4, -0.2) is 73.2 Å². The molecule has 0 spiro atoms. The van der Waals surface area contributed by atoms with Crippen LogP contribution in [0.4, 0.5) is 0 Å². The van der Waals surface area contributed by atoms with E-state index in [-0.39, 0.29) is 6.04 Å². The molecule has 0 aromatic carbocycles. The van der Waals surface area contributed by atoms with Crippen molar-refractivity contribution in [2.24, 2.45) is 5.92 Å². The first-order chi connectivity index (χ1) is 9.38. The molecule has 20 heavy (non-hydrogen) atoms. The van der Waals surface area contributed by atoms with Crippen LogP contribution in [0.15, 0.2) is 0 Å². The molecule has 1 saturated heterocycles. The Morgan fingerprint density at radius 3 is 2.40 bits per heavy atom. The van der Waals surface area contributed by atoms with E-state index in [2.05, 4.69) is 29.2 Å². The molecule has 2 N–H and O–H groups in total. The van der Waals surface area contributed by atoms with Gasteiger partial charge in [-0.25, -0.2) is 0 Å². The molecule has 1 atom stereocenters. The van der Waals surface area contributed by atoms with E-state index >= 15 is 0 Å². The van der Waals surface area contributed by atoms with Crippen LogP contribution in [0.5, 0.6) is 0 Å². The van der Waals surface area contributed by atoms with E-state index in [0.29, 0.717) is 6.42 Å². The summed E-state index contributed by atoms with van der Waals surface area (Å²) in [5.41, 5.74) is 0. The van der Waals surface area contributed by atoms with Crippen LogP contribution in [0.3, 0.4) is 0 Å². The van der Waals surface area contributed by atoms with Crippen LogP contribution in [-0.2, 0) is 4.79 Å². The van der Waals surface area contributed by atoms with Gasteiger partial charge in [-0.1, -0.05) is 13.8 Å². The minimum absolute atomic E-state index is 0.210. The van der Waals surface area contributed by atoms with Gasteiger partial charge in [0, 0.05) is 19.1 Å². The first kappa shape index (κ1) is 17.4. The molecule has 0 amide bonds. The molecule has 0 radical (unpaired) electrons. The Balaban J connectivity index is 2.27. The molecular weight excluding hydrogens is 254 g/mol. The highest BCUT2D eigenvalue weighted by Gasteiger charge is 2.22. The maximum atomic E-state index is 11.2. The van der Waals surface area contributed by atoms with Gasteiger partial charge >= 0.3 is 5.97 Å². The topological polar surface area (TPSA) is 55.8 Å². The summed E-state index contributed by atoms with van der Waals surface area (Å²) in [6.45, 7) is 8.23. The highest BCUT2D eigenvalue weighted by Crippen LogP contribution is 2.18. The van der Waals surface area contributed by atoms with Gasteiger partial charge in [-0.05, 0) is 52.4 Å². The third kappa shape index (κ3) is 6.68. The first-order valence-corrected chi connectivity index (χ1v) is 7.74. The number of carboxylic acid groups (broad SMARTS) is 1. The maximum Gasteiger partial charge on any atom is 0.320 e. The van der Waals surface area contributed by atoms with Gasteiger partial charge < -0.3 is 20.2 Å². The first-order valence-electron chi connectivity index (χ1n) is 7.74. The zero-order valence-corrected chi connectivity index (χ0v) is 13.4. The summed E-state index contributed by atoms with van der Waals surface area (Å²) >= 11 is 0. The number of hydrogen-bond acceptors (Lipinski definition) is 4. The van der Waals surface area contributed by atoms with Crippen LogP contribution >= 0.6 is 0 Å². The summed E-state index contributed by atoms with van der Waals surface area (Å²) < 4.78 is 0. The highest BCUT2D eigenvalue weighted by molar-refractivity contribution is 5.73. The lowest BCUT2D eigenvalue weighted by molar-refractivity contribution is -0.140. The predicted molar refractivity (Wildman–Crippen MR) is 82.0 cm³/mol. The van der Waals surface area contributed by atoms with E-state index in [0.717, 1.165) is 25.6 Å². The van der Waals surface area contributed by atoms with Gasteiger partial charge in [0.15, 0.2) is 0 Å². The van der Waals surface area contributed by atoms with Gasteiger partial charge in [0.1, 0.15) is 6.04 Å². The van der Waals surface area contributed by atoms with Crippen molar-refractivity contribution < 1.29 is 9.90 Å². The summed E-state index contributed by atoms with van der Waals surface area (Å²) in [5, 5.41) is 12.3. The average Bonchev–Trinajstić information content (AvgIpc) is 2.34. The second kappa shape index (κ2) is 8.60. The minimum Gasteiger partial charge on any atom is -0.480 e. The number of carbonyl (C=O) groups is 1. The molecule has 0 aromatic heterocycles. The number of aliphatic carboxylic acids is 1. The average molecular weight is 285 g/mol. The molecule has 1 fully saturated rings. The van der Waals surface area contributed by atoms with Gasteiger partial charge in [0.25, 0.3) is 0 Å². The lowest BCUT2D eigenvalue weighted by Crippen LogP contribution is -2.44. The number of nitrogens with zero attached hydrogens (tertiary/aromatic N) is 2. The van der Waals surface area contributed by atoms with Gasteiger partial charge in [-0.15, -0.1) is 0 Å². The monoisotopic (exact) mass is 285 g/mol. The molecule has 118 valence electrons. The third-order valence-electron chi connectivity index (χ3n) is 3.90. The van der Waals surface area contributed by atoms with E-state index in [4.69, 9.17) is 0 Å². The number of piperidine rings is 1. The van der Waals surface area contributed by atoms with Crippen molar-refractivity contribution in [2.45, 2.75) is 45.2 Å². The third-order valence-corrected chi connectivity index (χ3v) is 3.90. The van der Waals surface area contributed by atoms with Crippen molar-refractivity contribution in [3.63, 3.8) is 0 Å². The van der Waals surface area contributed by atoms with Crippen LogP contribution in [0.2, 0.25) is 0 Å². The summed E-state index contributed by atoms with van der Waals surface area (Å²) in [6, 6.07) is -0.212. The van der Waals surface area contributed by atoms with E-state index in [9.17, 15) is 9.90 Å². The zero-order valence-electron chi connectivity index (χ0n) is 13.4. The Morgan fingerprint density at radius 1 is 1.35 bits per heavy atom. The lowest BCUT2D eigenvalue weighted by Gasteiger charge is -2.33. The van der Waals surface area contributed by atoms with Gasteiger partial charge in [-0.3, -0.25) is 4.79 Å².